The van der Waals surface area contributed by atoms with Gasteiger partial charge in [0.1, 0.15) is 10.4 Å². The SMILES string of the molecule is Clc1ccc2c(Br)nc(C3CCOCC3)n2c1. The number of hydrogen-bond acceptors (Lipinski definition) is 2. The summed E-state index contributed by atoms with van der Waals surface area (Å²) in [4.78, 5) is 4.62. The van der Waals surface area contributed by atoms with Gasteiger partial charge in [0.15, 0.2) is 0 Å². The van der Waals surface area contributed by atoms with Crippen LogP contribution in [0.4, 0.5) is 0 Å². The lowest BCUT2D eigenvalue weighted by atomic mass is 10.00. The zero-order chi connectivity index (χ0) is 11.8. The van der Waals surface area contributed by atoms with Crippen molar-refractivity contribution in [1.82, 2.24) is 9.38 Å². The molecule has 1 aliphatic rings. The fourth-order valence-electron chi connectivity index (χ4n) is 2.29. The minimum absolute atomic E-state index is 0.459. The average Bonchev–Trinajstić information content (AvgIpc) is 2.67. The van der Waals surface area contributed by atoms with E-state index in [0.717, 1.165) is 47.0 Å². The lowest BCUT2D eigenvalue weighted by molar-refractivity contribution is 0.0835. The van der Waals surface area contributed by atoms with Crippen molar-refractivity contribution in [3.8, 4) is 0 Å². The van der Waals surface area contributed by atoms with E-state index in [-0.39, 0.29) is 0 Å². The standard InChI is InChI=1S/C12H12BrClN2O/c13-11-10-2-1-9(14)7-16(10)12(15-11)8-3-5-17-6-4-8/h1-2,7-8H,3-6H2. The maximum absolute atomic E-state index is 6.05. The molecule has 17 heavy (non-hydrogen) atoms. The molecule has 0 radical (unpaired) electrons. The summed E-state index contributed by atoms with van der Waals surface area (Å²) in [5.74, 6) is 1.54. The van der Waals surface area contributed by atoms with E-state index in [1.165, 1.54) is 0 Å². The monoisotopic (exact) mass is 314 g/mol. The third-order valence-corrected chi connectivity index (χ3v) is 3.98. The summed E-state index contributed by atoms with van der Waals surface area (Å²) in [5.41, 5.74) is 1.07. The second-order valence-corrected chi connectivity index (χ2v) is 5.44. The Labute approximate surface area is 113 Å². The van der Waals surface area contributed by atoms with Crippen LogP contribution in [-0.4, -0.2) is 22.6 Å². The van der Waals surface area contributed by atoms with Gasteiger partial charge < -0.3 is 9.14 Å². The van der Waals surface area contributed by atoms with Crippen LogP contribution in [0.1, 0.15) is 24.6 Å². The van der Waals surface area contributed by atoms with Crippen LogP contribution in [0.3, 0.4) is 0 Å². The van der Waals surface area contributed by atoms with Crippen LogP contribution in [0.5, 0.6) is 0 Å². The summed E-state index contributed by atoms with van der Waals surface area (Å²) < 4.78 is 8.36. The molecule has 0 amide bonds. The molecule has 1 saturated heterocycles. The quantitative estimate of drug-likeness (QED) is 0.803. The van der Waals surface area contributed by atoms with E-state index < -0.39 is 0 Å². The molecule has 90 valence electrons. The molecule has 0 N–H and O–H groups in total. The van der Waals surface area contributed by atoms with E-state index in [0.29, 0.717) is 5.92 Å². The van der Waals surface area contributed by atoms with Crippen molar-refractivity contribution < 1.29 is 4.74 Å². The molecular weight excluding hydrogens is 304 g/mol. The molecule has 1 fully saturated rings. The average molecular weight is 316 g/mol. The van der Waals surface area contributed by atoms with Crippen LogP contribution < -0.4 is 0 Å². The molecule has 3 heterocycles. The Hall–Kier alpha value is -0.580. The Kier molecular flexibility index (Phi) is 3.11. The Bertz CT molecular complexity index is 549. The summed E-state index contributed by atoms with van der Waals surface area (Å²) in [6, 6.07) is 3.87. The number of aromatic nitrogens is 2. The van der Waals surface area contributed by atoms with Crippen LogP contribution in [0.2, 0.25) is 5.02 Å². The van der Waals surface area contributed by atoms with E-state index in [1.807, 2.05) is 18.3 Å². The van der Waals surface area contributed by atoms with Crippen molar-refractivity contribution in [3.63, 3.8) is 0 Å². The zero-order valence-electron chi connectivity index (χ0n) is 9.20. The topological polar surface area (TPSA) is 26.5 Å². The Morgan fingerprint density at radius 2 is 2.12 bits per heavy atom. The third-order valence-electron chi connectivity index (χ3n) is 3.17. The predicted octanol–water partition coefficient (Wildman–Crippen LogP) is 3.64. The summed E-state index contributed by atoms with van der Waals surface area (Å²) in [5, 5.41) is 0.732. The molecule has 3 rings (SSSR count). The predicted molar refractivity (Wildman–Crippen MR) is 70.7 cm³/mol. The van der Waals surface area contributed by atoms with Gasteiger partial charge in [0.2, 0.25) is 0 Å². The van der Waals surface area contributed by atoms with E-state index in [1.54, 1.807) is 0 Å². The fraction of sp³-hybridized carbons (Fsp3) is 0.417. The first kappa shape index (κ1) is 11.5. The van der Waals surface area contributed by atoms with E-state index in [9.17, 15) is 0 Å². The van der Waals surface area contributed by atoms with Crippen molar-refractivity contribution in [2.75, 3.05) is 13.2 Å². The highest BCUT2D eigenvalue weighted by Gasteiger charge is 2.21. The smallest absolute Gasteiger partial charge is 0.132 e. The Morgan fingerprint density at radius 3 is 2.88 bits per heavy atom. The maximum Gasteiger partial charge on any atom is 0.132 e. The fourth-order valence-corrected chi connectivity index (χ4v) is 2.95. The molecule has 0 spiro atoms. The second kappa shape index (κ2) is 4.59. The summed E-state index contributed by atoms with van der Waals surface area (Å²) in [7, 11) is 0. The van der Waals surface area contributed by atoms with Crippen LogP contribution in [0, 0.1) is 0 Å². The van der Waals surface area contributed by atoms with Crippen molar-refractivity contribution >= 4 is 33.0 Å². The van der Waals surface area contributed by atoms with E-state index in [2.05, 4.69) is 25.3 Å². The van der Waals surface area contributed by atoms with Crippen molar-refractivity contribution in [3.05, 3.63) is 33.8 Å². The summed E-state index contributed by atoms with van der Waals surface area (Å²) in [6.45, 7) is 1.63. The molecule has 2 aromatic heterocycles. The van der Waals surface area contributed by atoms with Crippen molar-refractivity contribution in [2.45, 2.75) is 18.8 Å². The lowest BCUT2D eigenvalue weighted by Crippen LogP contribution is -2.16. The molecule has 0 aliphatic carbocycles. The van der Waals surface area contributed by atoms with Gasteiger partial charge in [-0.2, -0.15) is 0 Å². The van der Waals surface area contributed by atoms with Crippen LogP contribution in [-0.2, 0) is 4.74 Å². The van der Waals surface area contributed by atoms with E-state index in [4.69, 9.17) is 16.3 Å². The van der Waals surface area contributed by atoms with Crippen LogP contribution >= 0.6 is 27.5 Å². The van der Waals surface area contributed by atoms with Gasteiger partial charge in [0.05, 0.1) is 10.5 Å². The van der Waals surface area contributed by atoms with Crippen molar-refractivity contribution in [1.29, 1.82) is 0 Å². The highest BCUT2D eigenvalue weighted by Crippen LogP contribution is 2.30. The molecule has 5 heteroatoms. The number of halogens is 2. The van der Waals surface area contributed by atoms with Crippen LogP contribution in [0.15, 0.2) is 22.9 Å². The summed E-state index contributed by atoms with van der Waals surface area (Å²) in [6.07, 6.45) is 3.98. The normalized spacial score (nSPS) is 17.8. The Balaban J connectivity index is 2.11. The number of nitrogens with zero attached hydrogens (tertiary/aromatic N) is 2. The first-order valence-electron chi connectivity index (χ1n) is 5.66. The number of fused-ring (bicyclic) bond motifs is 1. The molecule has 1 aliphatic heterocycles. The number of pyridine rings is 1. The van der Waals surface area contributed by atoms with Gasteiger partial charge in [-0.25, -0.2) is 4.98 Å². The Morgan fingerprint density at radius 1 is 1.35 bits per heavy atom. The van der Waals surface area contributed by atoms with Crippen LogP contribution in [0.25, 0.3) is 5.52 Å². The lowest BCUT2D eigenvalue weighted by Gasteiger charge is -2.20. The van der Waals surface area contributed by atoms with Gasteiger partial charge in [-0.15, -0.1) is 0 Å². The second-order valence-electron chi connectivity index (χ2n) is 4.25. The highest BCUT2D eigenvalue weighted by molar-refractivity contribution is 9.10. The van der Waals surface area contributed by atoms with Gasteiger partial charge in [-0.3, -0.25) is 0 Å². The molecule has 0 atom stereocenters. The third kappa shape index (κ3) is 2.09. The molecule has 2 aromatic rings. The zero-order valence-corrected chi connectivity index (χ0v) is 11.5. The van der Waals surface area contributed by atoms with Gasteiger partial charge in [0, 0.05) is 25.3 Å². The number of ether oxygens (including phenoxy) is 1. The largest absolute Gasteiger partial charge is 0.381 e. The van der Waals surface area contributed by atoms with Gasteiger partial charge >= 0.3 is 0 Å². The number of hydrogen-bond donors (Lipinski definition) is 0. The molecule has 0 bridgehead atoms. The highest BCUT2D eigenvalue weighted by atomic mass is 79.9. The van der Waals surface area contributed by atoms with Crippen molar-refractivity contribution in [2.24, 2.45) is 0 Å². The number of rotatable bonds is 1. The minimum Gasteiger partial charge on any atom is -0.381 e. The first-order valence-corrected chi connectivity index (χ1v) is 6.83. The summed E-state index contributed by atoms with van der Waals surface area (Å²) >= 11 is 9.55. The molecule has 0 unspecified atom stereocenters. The van der Waals surface area contributed by atoms with E-state index >= 15 is 0 Å². The first-order chi connectivity index (χ1) is 8.25. The molecule has 3 nitrogen and oxygen atoms in total. The minimum atomic E-state index is 0.459. The molecule has 0 saturated carbocycles. The molecule has 0 aromatic carbocycles. The molecular formula is C12H12BrClN2O. The van der Waals surface area contributed by atoms with Gasteiger partial charge in [0.25, 0.3) is 0 Å². The van der Waals surface area contributed by atoms with Gasteiger partial charge in [-0.1, -0.05) is 11.6 Å². The maximum atomic E-state index is 6.05. The van der Waals surface area contributed by atoms with Gasteiger partial charge in [-0.05, 0) is 40.9 Å². The number of imidazole rings is 1.